The van der Waals surface area contributed by atoms with Gasteiger partial charge in [0.05, 0.1) is 6.61 Å². The quantitative estimate of drug-likeness (QED) is 0.838. The van der Waals surface area contributed by atoms with Crippen molar-refractivity contribution < 1.29 is 4.74 Å². The van der Waals surface area contributed by atoms with Crippen molar-refractivity contribution in [2.24, 2.45) is 0 Å². The fraction of sp³-hybridized carbons (Fsp3) is 0.571. The third-order valence-electron chi connectivity index (χ3n) is 3.49. The van der Waals surface area contributed by atoms with Crippen molar-refractivity contribution in [3.8, 4) is 0 Å². The minimum absolute atomic E-state index is 0.657. The Labute approximate surface area is 104 Å². The zero-order valence-electron chi connectivity index (χ0n) is 10.8. The van der Waals surface area contributed by atoms with E-state index in [4.69, 9.17) is 4.74 Å². The molecule has 0 radical (unpaired) electrons. The molecule has 1 N–H and O–H groups in total. The Morgan fingerprint density at radius 2 is 2.12 bits per heavy atom. The van der Waals surface area contributed by atoms with Crippen molar-refractivity contribution in [1.82, 2.24) is 10.2 Å². The van der Waals surface area contributed by atoms with Crippen LogP contribution in [0.25, 0.3) is 0 Å². The number of hydrogen-bond donors (Lipinski definition) is 1. The van der Waals surface area contributed by atoms with Crippen molar-refractivity contribution in [3.05, 3.63) is 35.4 Å². The van der Waals surface area contributed by atoms with E-state index in [2.05, 4.69) is 34.5 Å². The largest absolute Gasteiger partial charge is 0.380 e. The van der Waals surface area contributed by atoms with Gasteiger partial charge in [0.25, 0.3) is 0 Å². The van der Waals surface area contributed by atoms with Crippen LogP contribution in [-0.4, -0.2) is 38.2 Å². The summed E-state index contributed by atoms with van der Waals surface area (Å²) in [4.78, 5) is 2.51. The lowest BCUT2D eigenvalue weighted by Gasteiger charge is -2.18. The second-order valence-corrected chi connectivity index (χ2v) is 4.71. The van der Waals surface area contributed by atoms with Crippen LogP contribution in [0.3, 0.4) is 0 Å². The molecule has 1 aromatic rings. The highest BCUT2D eigenvalue weighted by Gasteiger charge is 2.21. The van der Waals surface area contributed by atoms with Gasteiger partial charge in [-0.2, -0.15) is 0 Å². The maximum Gasteiger partial charge on any atom is 0.0716 e. The van der Waals surface area contributed by atoms with E-state index < -0.39 is 0 Å². The highest BCUT2D eigenvalue weighted by Crippen LogP contribution is 2.16. The lowest BCUT2D eigenvalue weighted by atomic mass is 10.1. The van der Waals surface area contributed by atoms with E-state index >= 15 is 0 Å². The van der Waals surface area contributed by atoms with E-state index in [0.29, 0.717) is 12.6 Å². The van der Waals surface area contributed by atoms with Gasteiger partial charge in [0.2, 0.25) is 0 Å². The van der Waals surface area contributed by atoms with Crippen molar-refractivity contribution in [1.29, 1.82) is 0 Å². The minimum Gasteiger partial charge on any atom is -0.380 e. The molecular weight excluding hydrogens is 212 g/mol. The summed E-state index contributed by atoms with van der Waals surface area (Å²) < 4.78 is 5.24. The molecule has 0 saturated carbocycles. The first-order valence-electron chi connectivity index (χ1n) is 6.29. The predicted octanol–water partition coefficient (Wildman–Crippen LogP) is 1.63. The molecule has 94 valence electrons. The van der Waals surface area contributed by atoms with Crippen LogP contribution in [0.5, 0.6) is 0 Å². The summed E-state index contributed by atoms with van der Waals surface area (Å²) in [5.41, 5.74) is 2.70. The maximum atomic E-state index is 5.24. The first-order chi connectivity index (χ1) is 8.33. The van der Waals surface area contributed by atoms with E-state index in [-0.39, 0.29) is 0 Å². The third-order valence-corrected chi connectivity index (χ3v) is 3.49. The van der Waals surface area contributed by atoms with Gasteiger partial charge in [-0.05, 0) is 24.6 Å². The Morgan fingerprint density at radius 1 is 1.35 bits per heavy atom. The van der Waals surface area contributed by atoms with Crippen LogP contribution in [0.1, 0.15) is 17.5 Å². The fourth-order valence-corrected chi connectivity index (χ4v) is 2.46. The second-order valence-electron chi connectivity index (χ2n) is 4.71. The predicted molar refractivity (Wildman–Crippen MR) is 69.9 cm³/mol. The van der Waals surface area contributed by atoms with Gasteiger partial charge in [-0.1, -0.05) is 24.3 Å². The van der Waals surface area contributed by atoms with Crippen molar-refractivity contribution in [3.63, 3.8) is 0 Å². The standard InChI is InChI=1S/C14H22N2O/c1-15-14-7-8-16(10-14)9-12-5-3-4-6-13(12)11-17-2/h3-6,14-15H,7-11H2,1-2H3. The van der Waals surface area contributed by atoms with Crippen LogP contribution >= 0.6 is 0 Å². The number of ether oxygens (including phenoxy) is 1. The fourth-order valence-electron chi connectivity index (χ4n) is 2.46. The summed E-state index contributed by atoms with van der Waals surface area (Å²) in [6.07, 6.45) is 1.25. The highest BCUT2D eigenvalue weighted by atomic mass is 16.5. The molecule has 1 fully saturated rings. The van der Waals surface area contributed by atoms with Gasteiger partial charge in [0.1, 0.15) is 0 Å². The Bertz CT molecular complexity index is 354. The molecule has 3 heteroatoms. The van der Waals surface area contributed by atoms with Crippen LogP contribution in [0.2, 0.25) is 0 Å². The monoisotopic (exact) mass is 234 g/mol. The number of nitrogens with zero attached hydrogens (tertiary/aromatic N) is 1. The lowest BCUT2D eigenvalue weighted by Crippen LogP contribution is -2.29. The van der Waals surface area contributed by atoms with Crippen molar-refractivity contribution in [2.45, 2.75) is 25.6 Å². The Morgan fingerprint density at radius 3 is 2.76 bits per heavy atom. The first-order valence-corrected chi connectivity index (χ1v) is 6.29. The number of hydrogen-bond acceptors (Lipinski definition) is 3. The molecule has 0 aromatic heterocycles. The highest BCUT2D eigenvalue weighted by molar-refractivity contribution is 5.26. The molecule has 0 bridgehead atoms. The molecule has 0 amide bonds. The van der Waals surface area contributed by atoms with E-state index in [9.17, 15) is 0 Å². The summed E-state index contributed by atoms with van der Waals surface area (Å²) in [6, 6.07) is 9.22. The van der Waals surface area contributed by atoms with E-state index in [0.717, 1.165) is 13.1 Å². The average Bonchev–Trinajstić information content (AvgIpc) is 2.80. The van der Waals surface area contributed by atoms with Gasteiger partial charge in [0.15, 0.2) is 0 Å². The van der Waals surface area contributed by atoms with Gasteiger partial charge >= 0.3 is 0 Å². The number of rotatable bonds is 5. The van der Waals surface area contributed by atoms with Crippen molar-refractivity contribution in [2.75, 3.05) is 27.2 Å². The second kappa shape index (κ2) is 6.15. The van der Waals surface area contributed by atoms with Gasteiger partial charge < -0.3 is 10.1 Å². The molecule has 1 heterocycles. The minimum atomic E-state index is 0.657. The molecule has 1 aliphatic rings. The molecule has 1 aliphatic heterocycles. The van der Waals surface area contributed by atoms with Gasteiger partial charge in [-0.25, -0.2) is 0 Å². The molecule has 1 unspecified atom stereocenters. The number of nitrogens with one attached hydrogen (secondary N) is 1. The Kier molecular flexibility index (Phi) is 4.54. The lowest BCUT2D eigenvalue weighted by molar-refractivity contribution is 0.183. The van der Waals surface area contributed by atoms with Crippen molar-refractivity contribution >= 4 is 0 Å². The topological polar surface area (TPSA) is 24.5 Å². The summed E-state index contributed by atoms with van der Waals surface area (Å²) >= 11 is 0. The van der Waals surface area contributed by atoms with Crippen LogP contribution in [0, 0.1) is 0 Å². The normalized spacial score (nSPS) is 20.9. The Balaban J connectivity index is 1.98. The van der Waals surface area contributed by atoms with Gasteiger partial charge in [-0.3, -0.25) is 4.90 Å². The molecular formula is C14H22N2O. The van der Waals surface area contributed by atoms with Gasteiger partial charge in [-0.15, -0.1) is 0 Å². The zero-order valence-corrected chi connectivity index (χ0v) is 10.8. The molecule has 3 nitrogen and oxygen atoms in total. The summed E-state index contributed by atoms with van der Waals surface area (Å²) in [5, 5.41) is 3.35. The van der Waals surface area contributed by atoms with E-state index in [1.54, 1.807) is 7.11 Å². The molecule has 0 spiro atoms. The number of likely N-dealkylation sites (N-methyl/N-ethyl adjacent to an activating group) is 1. The molecule has 1 aromatic carbocycles. The van der Waals surface area contributed by atoms with Gasteiger partial charge in [0, 0.05) is 32.8 Å². The average molecular weight is 234 g/mol. The molecule has 1 atom stereocenters. The van der Waals surface area contributed by atoms with E-state index in [1.165, 1.54) is 24.1 Å². The zero-order chi connectivity index (χ0) is 12.1. The third kappa shape index (κ3) is 3.28. The molecule has 2 rings (SSSR count). The van der Waals surface area contributed by atoms with Crippen LogP contribution in [-0.2, 0) is 17.9 Å². The molecule has 0 aliphatic carbocycles. The number of likely N-dealkylation sites (tertiary alicyclic amines) is 1. The smallest absolute Gasteiger partial charge is 0.0716 e. The van der Waals surface area contributed by atoms with Crippen LogP contribution in [0.15, 0.2) is 24.3 Å². The first kappa shape index (κ1) is 12.6. The maximum absolute atomic E-state index is 5.24. The molecule has 17 heavy (non-hydrogen) atoms. The van der Waals surface area contributed by atoms with Crippen LogP contribution in [0.4, 0.5) is 0 Å². The molecule has 1 saturated heterocycles. The Hall–Kier alpha value is -0.900. The van der Waals surface area contributed by atoms with Crippen LogP contribution < -0.4 is 5.32 Å². The number of methoxy groups -OCH3 is 1. The summed E-state index contributed by atoms with van der Waals surface area (Å²) in [6.45, 7) is 4.09. The SMILES string of the molecule is CNC1CCN(Cc2ccccc2COC)C1. The van der Waals surface area contributed by atoms with E-state index in [1.807, 2.05) is 7.05 Å². The summed E-state index contributed by atoms with van der Waals surface area (Å²) in [5.74, 6) is 0. The summed E-state index contributed by atoms with van der Waals surface area (Å²) in [7, 11) is 3.80. The number of benzene rings is 1.